The van der Waals surface area contributed by atoms with E-state index in [1.54, 1.807) is 0 Å². The number of hydrogen-bond donors (Lipinski definition) is 2. The SMILES string of the molecule is Cc1c(N)cc(S(=O)(=O)Nc2ccc(Cl)nc2)cc1F. The minimum atomic E-state index is -3.94. The summed E-state index contributed by atoms with van der Waals surface area (Å²) in [6, 6.07) is 4.99. The van der Waals surface area contributed by atoms with Crippen molar-refractivity contribution < 1.29 is 12.8 Å². The van der Waals surface area contributed by atoms with Crippen molar-refractivity contribution in [3.05, 3.63) is 47.0 Å². The van der Waals surface area contributed by atoms with Crippen molar-refractivity contribution in [1.82, 2.24) is 4.98 Å². The third kappa shape index (κ3) is 3.00. The summed E-state index contributed by atoms with van der Waals surface area (Å²) in [6.07, 6.45) is 1.26. The summed E-state index contributed by atoms with van der Waals surface area (Å²) in [5.41, 5.74) is 6.06. The number of nitrogens with two attached hydrogens (primary N) is 1. The number of pyridine rings is 1. The highest BCUT2D eigenvalue weighted by molar-refractivity contribution is 7.92. The van der Waals surface area contributed by atoms with Gasteiger partial charge in [0.25, 0.3) is 10.0 Å². The molecule has 5 nitrogen and oxygen atoms in total. The Hall–Kier alpha value is -1.86. The number of benzene rings is 1. The highest BCUT2D eigenvalue weighted by Crippen LogP contribution is 2.23. The fourth-order valence-corrected chi connectivity index (χ4v) is 2.68. The molecule has 0 amide bonds. The molecule has 0 bridgehead atoms. The smallest absolute Gasteiger partial charge is 0.262 e. The van der Waals surface area contributed by atoms with Crippen LogP contribution in [0.1, 0.15) is 5.56 Å². The Bertz CT molecular complexity index is 725. The van der Waals surface area contributed by atoms with Crippen LogP contribution in [0.4, 0.5) is 15.8 Å². The Labute approximate surface area is 120 Å². The third-order valence-corrected chi connectivity index (χ3v) is 4.23. The van der Waals surface area contributed by atoms with Gasteiger partial charge in [0.15, 0.2) is 0 Å². The second-order valence-electron chi connectivity index (χ2n) is 4.09. The van der Waals surface area contributed by atoms with Crippen LogP contribution in [-0.2, 0) is 10.0 Å². The zero-order valence-corrected chi connectivity index (χ0v) is 12.0. The van der Waals surface area contributed by atoms with Crippen LogP contribution in [0.2, 0.25) is 5.15 Å². The molecule has 0 aliphatic carbocycles. The summed E-state index contributed by atoms with van der Waals surface area (Å²) in [5, 5.41) is 0.235. The van der Waals surface area contributed by atoms with Crippen molar-refractivity contribution in [2.75, 3.05) is 10.5 Å². The molecule has 0 radical (unpaired) electrons. The molecule has 0 spiro atoms. The van der Waals surface area contributed by atoms with Crippen molar-refractivity contribution in [1.29, 1.82) is 0 Å². The average molecular weight is 316 g/mol. The highest BCUT2D eigenvalue weighted by atomic mass is 35.5. The molecule has 1 aromatic carbocycles. The largest absolute Gasteiger partial charge is 0.398 e. The summed E-state index contributed by atoms with van der Waals surface area (Å²) >= 11 is 5.60. The lowest BCUT2D eigenvalue weighted by Gasteiger charge is -2.10. The lowest BCUT2D eigenvalue weighted by atomic mass is 10.2. The average Bonchev–Trinajstić information content (AvgIpc) is 2.38. The lowest BCUT2D eigenvalue weighted by Crippen LogP contribution is -2.14. The molecule has 0 fully saturated rings. The van der Waals surface area contributed by atoms with Crippen LogP contribution in [0, 0.1) is 12.7 Å². The van der Waals surface area contributed by atoms with Gasteiger partial charge in [0.1, 0.15) is 11.0 Å². The predicted molar refractivity (Wildman–Crippen MR) is 75.6 cm³/mol. The van der Waals surface area contributed by atoms with E-state index in [1.165, 1.54) is 31.3 Å². The first-order valence-corrected chi connectivity index (χ1v) is 7.36. The number of halogens is 2. The number of nitrogens with zero attached hydrogens (tertiary/aromatic N) is 1. The van der Waals surface area contributed by atoms with Gasteiger partial charge in [-0.25, -0.2) is 17.8 Å². The van der Waals surface area contributed by atoms with Gasteiger partial charge in [0.05, 0.1) is 16.8 Å². The van der Waals surface area contributed by atoms with E-state index < -0.39 is 15.8 Å². The number of aromatic nitrogens is 1. The number of nitrogen functional groups attached to an aromatic ring is 1. The van der Waals surface area contributed by atoms with Gasteiger partial charge in [0.2, 0.25) is 0 Å². The van der Waals surface area contributed by atoms with Crippen LogP contribution < -0.4 is 10.5 Å². The molecular formula is C12H11ClFN3O2S. The molecule has 2 rings (SSSR count). The normalized spacial score (nSPS) is 11.3. The third-order valence-electron chi connectivity index (χ3n) is 2.65. The zero-order chi connectivity index (χ0) is 14.9. The molecule has 20 heavy (non-hydrogen) atoms. The van der Waals surface area contributed by atoms with Crippen molar-refractivity contribution in [3.8, 4) is 0 Å². The van der Waals surface area contributed by atoms with Crippen molar-refractivity contribution in [2.45, 2.75) is 11.8 Å². The number of hydrogen-bond acceptors (Lipinski definition) is 4. The van der Waals surface area contributed by atoms with E-state index in [1.807, 2.05) is 0 Å². The van der Waals surface area contributed by atoms with Crippen LogP contribution in [-0.4, -0.2) is 13.4 Å². The van der Waals surface area contributed by atoms with E-state index in [9.17, 15) is 12.8 Å². The number of sulfonamides is 1. The monoisotopic (exact) mass is 315 g/mol. The molecular weight excluding hydrogens is 305 g/mol. The summed E-state index contributed by atoms with van der Waals surface area (Å²) in [6.45, 7) is 1.47. The summed E-state index contributed by atoms with van der Waals surface area (Å²) in [5.74, 6) is -0.681. The first kappa shape index (κ1) is 14.5. The van der Waals surface area contributed by atoms with Crippen LogP contribution in [0.3, 0.4) is 0 Å². The molecule has 0 unspecified atom stereocenters. The Balaban J connectivity index is 2.38. The van der Waals surface area contributed by atoms with Crippen molar-refractivity contribution >= 4 is 33.0 Å². The quantitative estimate of drug-likeness (QED) is 0.673. The van der Waals surface area contributed by atoms with E-state index in [4.69, 9.17) is 17.3 Å². The molecule has 3 N–H and O–H groups in total. The highest BCUT2D eigenvalue weighted by Gasteiger charge is 2.17. The van der Waals surface area contributed by atoms with E-state index in [0.717, 1.165) is 6.07 Å². The van der Waals surface area contributed by atoms with E-state index in [-0.39, 0.29) is 27.0 Å². The molecule has 2 aromatic rings. The zero-order valence-electron chi connectivity index (χ0n) is 10.4. The van der Waals surface area contributed by atoms with Crippen LogP contribution >= 0.6 is 11.6 Å². The maximum Gasteiger partial charge on any atom is 0.262 e. The standard InChI is InChI=1S/C12H11ClFN3O2S/c1-7-10(14)4-9(5-11(7)15)20(18,19)17-8-2-3-12(13)16-6-8/h2-6,17H,15H2,1H3. The molecule has 0 saturated heterocycles. The fraction of sp³-hybridized carbons (Fsp3) is 0.0833. The molecule has 1 aromatic heterocycles. The van der Waals surface area contributed by atoms with E-state index in [2.05, 4.69) is 9.71 Å². The molecule has 0 aliphatic heterocycles. The summed E-state index contributed by atoms with van der Waals surface area (Å²) < 4.78 is 40.0. The van der Waals surface area contributed by atoms with Gasteiger partial charge >= 0.3 is 0 Å². The fourth-order valence-electron chi connectivity index (χ4n) is 1.48. The minimum Gasteiger partial charge on any atom is -0.398 e. The number of rotatable bonds is 3. The second kappa shape index (κ2) is 5.26. The van der Waals surface area contributed by atoms with E-state index in [0.29, 0.717) is 0 Å². The van der Waals surface area contributed by atoms with Gasteiger partial charge < -0.3 is 5.73 Å². The van der Waals surface area contributed by atoms with Gasteiger partial charge in [-0.1, -0.05) is 11.6 Å². The Kier molecular flexibility index (Phi) is 3.82. The van der Waals surface area contributed by atoms with Crippen LogP contribution in [0.15, 0.2) is 35.4 Å². The van der Waals surface area contributed by atoms with Crippen molar-refractivity contribution in [2.24, 2.45) is 0 Å². The molecule has 1 heterocycles. The maximum atomic E-state index is 13.6. The molecule has 0 saturated carbocycles. The van der Waals surface area contributed by atoms with Crippen LogP contribution in [0.25, 0.3) is 0 Å². The molecule has 0 atom stereocenters. The summed E-state index contributed by atoms with van der Waals surface area (Å²) in [7, 11) is -3.94. The lowest BCUT2D eigenvalue weighted by molar-refractivity contribution is 0.593. The molecule has 0 aliphatic rings. The molecule has 106 valence electrons. The van der Waals surface area contributed by atoms with Gasteiger partial charge in [-0.2, -0.15) is 0 Å². The van der Waals surface area contributed by atoms with E-state index >= 15 is 0 Å². The number of nitrogens with one attached hydrogen (secondary N) is 1. The topological polar surface area (TPSA) is 85.1 Å². The Morgan fingerprint density at radius 3 is 2.60 bits per heavy atom. The van der Waals surface area contributed by atoms with Gasteiger partial charge in [-0.05, 0) is 31.2 Å². The number of anilines is 2. The second-order valence-corrected chi connectivity index (χ2v) is 6.16. The maximum absolute atomic E-state index is 13.6. The van der Waals surface area contributed by atoms with Crippen LogP contribution in [0.5, 0.6) is 0 Å². The predicted octanol–water partition coefficient (Wildman–Crippen LogP) is 2.57. The van der Waals surface area contributed by atoms with Gasteiger partial charge in [0, 0.05) is 11.3 Å². The minimum absolute atomic E-state index is 0.0691. The van der Waals surface area contributed by atoms with Gasteiger partial charge in [-0.15, -0.1) is 0 Å². The van der Waals surface area contributed by atoms with Gasteiger partial charge in [-0.3, -0.25) is 4.72 Å². The Morgan fingerprint density at radius 1 is 1.35 bits per heavy atom. The Morgan fingerprint density at radius 2 is 2.05 bits per heavy atom. The summed E-state index contributed by atoms with van der Waals surface area (Å²) in [4.78, 5) is 3.49. The van der Waals surface area contributed by atoms with Crippen molar-refractivity contribution in [3.63, 3.8) is 0 Å². The first-order chi connectivity index (χ1) is 9.29. The first-order valence-electron chi connectivity index (χ1n) is 5.49. The molecule has 8 heteroatoms.